The summed E-state index contributed by atoms with van der Waals surface area (Å²) in [5.74, 6) is 2.20. The molecule has 0 aliphatic carbocycles. The number of benzene rings is 1. The summed E-state index contributed by atoms with van der Waals surface area (Å²) in [5.41, 5.74) is 1.39. The van der Waals surface area contributed by atoms with Crippen LogP contribution in [0, 0.1) is 0 Å². The Hall–Kier alpha value is -0.190. The second-order valence-corrected chi connectivity index (χ2v) is 6.75. The van der Waals surface area contributed by atoms with Crippen molar-refractivity contribution in [2.75, 3.05) is 36.5 Å². The maximum absolute atomic E-state index is 11.3. The molecule has 94 valence electrons. The van der Waals surface area contributed by atoms with Crippen LogP contribution in [-0.4, -0.2) is 45.6 Å². The maximum atomic E-state index is 11.3. The third-order valence-electron chi connectivity index (χ3n) is 3.21. The van der Waals surface area contributed by atoms with Crippen molar-refractivity contribution >= 4 is 26.7 Å². The lowest BCUT2D eigenvalue weighted by atomic mass is 10.0. The van der Waals surface area contributed by atoms with Crippen molar-refractivity contribution in [3.63, 3.8) is 0 Å². The first kappa shape index (κ1) is 13.2. The van der Waals surface area contributed by atoms with Crippen LogP contribution in [-0.2, 0) is 10.8 Å². The third kappa shape index (κ3) is 3.90. The average Bonchev–Trinajstić information content (AvgIpc) is 2.39. The van der Waals surface area contributed by atoms with Gasteiger partial charge in [0.1, 0.15) is 0 Å². The molecule has 2 nitrogen and oxygen atoms in total. The van der Waals surface area contributed by atoms with Crippen molar-refractivity contribution in [1.29, 1.82) is 0 Å². The highest BCUT2D eigenvalue weighted by molar-refractivity contribution is 9.09. The van der Waals surface area contributed by atoms with Gasteiger partial charge in [0.2, 0.25) is 0 Å². The smallest absolute Gasteiger partial charge is 0.0363 e. The number of halogens is 1. The van der Waals surface area contributed by atoms with E-state index < -0.39 is 10.8 Å². The van der Waals surface area contributed by atoms with E-state index in [1.165, 1.54) is 5.56 Å². The summed E-state index contributed by atoms with van der Waals surface area (Å²) in [6.45, 7) is 3.01. The van der Waals surface area contributed by atoms with E-state index in [4.69, 9.17) is 0 Å². The molecule has 1 aliphatic heterocycles. The van der Waals surface area contributed by atoms with Gasteiger partial charge in [-0.3, -0.25) is 4.21 Å². The molecule has 1 atom stereocenters. The molecule has 1 aliphatic rings. The lowest BCUT2D eigenvalue weighted by molar-refractivity contribution is 0.286. The van der Waals surface area contributed by atoms with Crippen LogP contribution in [0.15, 0.2) is 30.3 Å². The fourth-order valence-corrected chi connectivity index (χ4v) is 3.84. The van der Waals surface area contributed by atoms with Gasteiger partial charge in [-0.15, -0.1) is 0 Å². The van der Waals surface area contributed by atoms with E-state index in [-0.39, 0.29) is 0 Å². The Morgan fingerprint density at radius 1 is 1.24 bits per heavy atom. The summed E-state index contributed by atoms with van der Waals surface area (Å²) < 4.78 is 11.3. The molecule has 1 fully saturated rings. The zero-order valence-corrected chi connectivity index (χ0v) is 12.3. The van der Waals surface area contributed by atoms with E-state index in [0.29, 0.717) is 5.92 Å². The Morgan fingerprint density at radius 3 is 2.47 bits per heavy atom. The van der Waals surface area contributed by atoms with Crippen molar-refractivity contribution in [2.24, 2.45) is 0 Å². The maximum Gasteiger partial charge on any atom is 0.0363 e. The summed E-state index contributed by atoms with van der Waals surface area (Å²) in [5, 5.41) is 0.983. The summed E-state index contributed by atoms with van der Waals surface area (Å²) >= 11 is 3.60. The Bertz CT molecular complexity index is 361. The van der Waals surface area contributed by atoms with E-state index >= 15 is 0 Å². The SMILES string of the molecule is O=S1CCN(CC(CBr)c2ccccc2)CC1. The second kappa shape index (κ2) is 6.66. The molecule has 1 aromatic rings. The Balaban J connectivity index is 1.94. The van der Waals surface area contributed by atoms with Crippen LogP contribution in [0.4, 0.5) is 0 Å². The molecule has 0 N–H and O–H groups in total. The Morgan fingerprint density at radius 2 is 1.88 bits per heavy atom. The third-order valence-corrected chi connectivity index (χ3v) is 5.26. The fourth-order valence-electron chi connectivity index (χ4n) is 2.14. The molecular weight excluding hydrogens is 298 g/mol. The summed E-state index contributed by atoms with van der Waals surface area (Å²) in [6, 6.07) is 10.6. The first-order valence-electron chi connectivity index (χ1n) is 5.98. The van der Waals surface area contributed by atoms with Gasteiger partial charge < -0.3 is 4.90 Å². The Kier molecular flexibility index (Phi) is 5.19. The van der Waals surface area contributed by atoms with Crippen LogP contribution in [0.3, 0.4) is 0 Å². The van der Waals surface area contributed by atoms with Crippen LogP contribution in [0.1, 0.15) is 11.5 Å². The molecule has 1 saturated heterocycles. The average molecular weight is 316 g/mol. The van der Waals surface area contributed by atoms with Crippen LogP contribution < -0.4 is 0 Å². The van der Waals surface area contributed by atoms with Crippen molar-refractivity contribution in [3.8, 4) is 0 Å². The highest BCUT2D eigenvalue weighted by Crippen LogP contribution is 2.20. The molecule has 2 rings (SSSR count). The number of hydrogen-bond donors (Lipinski definition) is 0. The number of hydrogen-bond acceptors (Lipinski definition) is 2. The van der Waals surface area contributed by atoms with Crippen LogP contribution >= 0.6 is 15.9 Å². The van der Waals surface area contributed by atoms with Crippen molar-refractivity contribution in [3.05, 3.63) is 35.9 Å². The number of rotatable bonds is 4. The molecule has 1 unspecified atom stereocenters. The molecule has 0 amide bonds. The molecule has 0 radical (unpaired) electrons. The molecule has 4 heteroatoms. The van der Waals surface area contributed by atoms with Gasteiger partial charge in [0.15, 0.2) is 0 Å². The van der Waals surface area contributed by atoms with Gasteiger partial charge >= 0.3 is 0 Å². The minimum Gasteiger partial charge on any atom is -0.301 e. The Labute approximate surface area is 114 Å². The minimum absolute atomic E-state index is 0.530. The van der Waals surface area contributed by atoms with E-state index in [0.717, 1.165) is 36.5 Å². The van der Waals surface area contributed by atoms with Gasteiger partial charge in [-0.2, -0.15) is 0 Å². The quantitative estimate of drug-likeness (QED) is 0.794. The monoisotopic (exact) mass is 315 g/mol. The second-order valence-electron chi connectivity index (χ2n) is 4.41. The first-order valence-corrected chi connectivity index (χ1v) is 8.59. The predicted octanol–water partition coefficient (Wildman–Crippen LogP) is 2.23. The van der Waals surface area contributed by atoms with E-state index in [1.54, 1.807) is 0 Å². The molecule has 1 heterocycles. The highest BCUT2D eigenvalue weighted by atomic mass is 79.9. The van der Waals surface area contributed by atoms with Crippen LogP contribution in [0.2, 0.25) is 0 Å². The van der Waals surface area contributed by atoms with Crippen LogP contribution in [0.25, 0.3) is 0 Å². The number of nitrogens with zero attached hydrogens (tertiary/aromatic N) is 1. The van der Waals surface area contributed by atoms with Gasteiger partial charge in [-0.05, 0) is 5.56 Å². The van der Waals surface area contributed by atoms with Crippen LogP contribution in [0.5, 0.6) is 0 Å². The van der Waals surface area contributed by atoms with Gasteiger partial charge in [0.05, 0.1) is 0 Å². The van der Waals surface area contributed by atoms with Crippen molar-refractivity contribution < 1.29 is 4.21 Å². The van der Waals surface area contributed by atoms with E-state index in [9.17, 15) is 4.21 Å². The zero-order chi connectivity index (χ0) is 12.1. The topological polar surface area (TPSA) is 20.3 Å². The zero-order valence-electron chi connectivity index (χ0n) is 9.85. The predicted molar refractivity (Wildman–Crippen MR) is 77.3 cm³/mol. The first-order chi connectivity index (χ1) is 8.29. The fraction of sp³-hybridized carbons (Fsp3) is 0.538. The van der Waals surface area contributed by atoms with Gasteiger partial charge in [0, 0.05) is 53.2 Å². The van der Waals surface area contributed by atoms with Crippen molar-refractivity contribution in [2.45, 2.75) is 5.92 Å². The molecule has 0 spiro atoms. The molecule has 1 aromatic carbocycles. The molecule has 17 heavy (non-hydrogen) atoms. The summed E-state index contributed by atoms with van der Waals surface area (Å²) in [4.78, 5) is 2.43. The van der Waals surface area contributed by atoms with Gasteiger partial charge in [-0.1, -0.05) is 46.3 Å². The largest absolute Gasteiger partial charge is 0.301 e. The van der Waals surface area contributed by atoms with E-state index in [2.05, 4.69) is 51.2 Å². The molecular formula is C13H18BrNOS. The lowest BCUT2D eigenvalue weighted by Crippen LogP contribution is -2.40. The highest BCUT2D eigenvalue weighted by Gasteiger charge is 2.19. The normalized spacial score (nSPS) is 20.3. The van der Waals surface area contributed by atoms with Gasteiger partial charge in [-0.25, -0.2) is 0 Å². The summed E-state index contributed by atoms with van der Waals surface area (Å²) in [6.07, 6.45) is 0. The standard InChI is InChI=1S/C13H18BrNOS/c14-10-13(12-4-2-1-3-5-12)11-15-6-8-17(16)9-7-15/h1-5,13H,6-11H2. The molecule has 0 aromatic heterocycles. The molecule has 0 saturated carbocycles. The van der Waals surface area contributed by atoms with E-state index in [1.807, 2.05) is 0 Å². The lowest BCUT2D eigenvalue weighted by Gasteiger charge is -2.29. The van der Waals surface area contributed by atoms with Gasteiger partial charge in [0.25, 0.3) is 0 Å². The van der Waals surface area contributed by atoms with Crippen molar-refractivity contribution in [1.82, 2.24) is 4.90 Å². The minimum atomic E-state index is -0.576. The number of alkyl halides is 1. The molecule has 0 bridgehead atoms. The summed E-state index contributed by atoms with van der Waals surface area (Å²) in [7, 11) is -0.576.